The molecule has 124 valence electrons. The van der Waals surface area contributed by atoms with Gasteiger partial charge in [0, 0.05) is 5.88 Å². The van der Waals surface area contributed by atoms with Gasteiger partial charge in [0.1, 0.15) is 0 Å². The lowest BCUT2D eigenvalue weighted by molar-refractivity contribution is 0.227. The third-order valence-electron chi connectivity index (χ3n) is 1.05. The summed E-state index contributed by atoms with van der Waals surface area (Å²) in [5, 5.41) is 0. The van der Waals surface area contributed by atoms with Crippen molar-refractivity contribution in [2.75, 3.05) is 44.5 Å². The second kappa shape index (κ2) is 9.87. The van der Waals surface area contributed by atoms with Gasteiger partial charge in [0.15, 0.2) is 0 Å². The number of rotatable bonds is 8. The van der Waals surface area contributed by atoms with Crippen molar-refractivity contribution in [1.82, 2.24) is 0 Å². The maximum atomic E-state index is 10.3. The lowest BCUT2D eigenvalue weighted by Gasteiger charge is -2.00. The summed E-state index contributed by atoms with van der Waals surface area (Å²) in [6, 6.07) is 0. The molecule has 0 aliphatic heterocycles. The molecule has 20 heavy (non-hydrogen) atoms. The van der Waals surface area contributed by atoms with Crippen molar-refractivity contribution in [3.8, 4) is 0 Å². The van der Waals surface area contributed by atoms with E-state index in [9.17, 15) is 25.3 Å². The van der Waals surface area contributed by atoms with Gasteiger partial charge in [-0.05, 0) is 0 Å². The van der Waals surface area contributed by atoms with Crippen LogP contribution in [0.1, 0.15) is 0 Å². The maximum absolute atomic E-state index is 10.3. The number of hydrogen-bond acceptors (Lipinski definition) is 9. The highest BCUT2D eigenvalue weighted by Gasteiger charge is 2.04. The third-order valence-corrected chi connectivity index (χ3v) is 2.99. The van der Waals surface area contributed by atoms with Gasteiger partial charge in [0.05, 0.1) is 38.6 Å². The van der Waals surface area contributed by atoms with Crippen LogP contribution in [-0.2, 0) is 42.9 Å². The Hall–Kier alpha value is 0.0200. The van der Waals surface area contributed by atoms with Crippen molar-refractivity contribution in [1.29, 1.82) is 0 Å². The van der Waals surface area contributed by atoms with Crippen molar-refractivity contribution < 1.29 is 37.8 Å². The smallest absolute Gasteiger partial charge is 0.264 e. The van der Waals surface area contributed by atoms with Gasteiger partial charge in [0.25, 0.3) is 30.4 Å². The Bertz CT molecular complexity index is 514. The standard InChI is InChI=1S/C4H10O6S2.C3H7ClO3S/c1-11(5,6)9-3-4-10-12(2,7)8;1-8(5,6)7-3-2-4/h3-4H2,1-2H3;2-3H2,1H3. The molecule has 0 spiro atoms. The molecule has 0 unspecified atom stereocenters. The van der Waals surface area contributed by atoms with E-state index < -0.39 is 30.4 Å². The highest BCUT2D eigenvalue weighted by atomic mass is 35.5. The van der Waals surface area contributed by atoms with Crippen LogP contribution in [0.2, 0.25) is 0 Å². The molecule has 0 rings (SSSR count). The molecule has 0 saturated heterocycles. The van der Waals surface area contributed by atoms with Crippen LogP contribution in [-0.4, -0.2) is 69.7 Å². The Labute approximate surface area is 124 Å². The first-order valence-corrected chi connectivity index (χ1v) is 10.8. The molecule has 0 radical (unpaired) electrons. The van der Waals surface area contributed by atoms with Gasteiger partial charge in [-0.25, -0.2) is 0 Å². The van der Waals surface area contributed by atoms with Crippen molar-refractivity contribution in [3.05, 3.63) is 0 Å². The topological polar surface area (TPSA) is 130 Å². The molecule has 0 N–H and O–H groups in total. The van der Waals surface area contributed by atoms with Crippen LogP contribution in [0, 0.1) is 0 Å². The zero-order valence-corrected chi connectivity index (χ0v) is 14.3. The van der Waals surface area contributed by atoms with Crippen molar-refractivity contribution in [2.24, 2.45) is 0 Å². The quantitative estimate of drug-likeness (QED) is 0.301. The van der Waals surface area contributed by atoms with Crippen LogP contribution in [0.3, 0.4) is 0 Å². The molecule has 0 aromatic rings. The number of hydrogen-bond donors (Lipinski definition) is 0. The summed E-state index contributed by atoms with van der Waals surface area (Å²) < 4.78 is 74.2. The van der Waals surface area contributed by atoms with Gasteiger partial charge in [-0.2, -0.15) is 25.3 Å². The Balaban J connectivity index is 0. The molecule has 0 atom stereocenters. The minimum atomic E-state index is -3.52. The first-order valence-electron chi connectivity index (χ1n) is 4.86. The Morgan fingerprint density at radius 3 is 1.05 bits per heavy atom. The van der Waals surface area contributed by atoms with Crippen LogP contribution in [0.4, 0.5) is 0 Å². The van der Waals surface area contributed by atoms with E-state index in [0.29, 0.717) is 0 Å². The zero-order chi connectivity index (χ0) is 16.4. The van der Waals surface area contributed by atoms with Crippen LogP contribution in [0.5, 0.6) is 0 Å². The fraction of sp³-hybridized carbons (Fsp3) is 1.00. The average Bonchev–Trinajstić information content (AvgIpc) is 2.19. The molecule has 0 aliphatic carbocycles. The maximum Gasteiger partial charge on any atom is 0.264 e. The van der Waals surface area contributed by atoms with E-state index in [1.807, 2.05) is 0 Å². The number of alkyl halides is 1. The SMILES string of the molecule is CS(=O)(=O)OCCCl.CS(=O)(=O)OCCOS(C)(=O)=O. The van der Waals surface area contributed by atoms with E-state index in [2.05, 4.69) is 12.5 Å². The fourth-order valence-electron chi connectivity index (χ4n) is 0.554. The Kier molecular flexibility index (Phi) is 11.0. The van der Waals surface area contributed by atoms with Gasteiger partial charge in [-0.15, -0.1) is 11.6 Å². The van der Waals surface area contributed by atoms with E-state index in [4.69, 9.17) is 11.6 Å². The van der Waals surface area contributed by atoms with Gasteiger partial charge < -0.3 is 0 Å². The van der Waals surface area contributed by atoms with E-state index in [1.165, 1.54) is 0 Å². The van der Waals surface area contributed by atoms with E-state index in [-0.39, 0.29) is 25.7 Å². The Morgan fingerprint density at radius 2 is 0.900 bits per heavy atom. The van der Waals surface area contributed by atoms with E-state index in [0.717, 1.165) is 18.8 Å². The molecule has 0 heterocycles. The monoisotopic (exact) mass is 376 g/mol. The molecule has 0 fully saturated rings. The van der Waals surface area contributed by atoms with Gasteiger partial charge in [0.2, 0.25) is 0 Å². The van der Waals surface area contributed by atoms with Crippen molar-refractivity contribution in [2.45, 2.75) is 0 Å². The molecule has 0 aromatic heterocycles. The first-order chi connectivity index (χ1) is 8.77. The van der Waals surface area contributed by atoms with Crippen LogP contribution in [0.25, 0.3) is 0 Å². The lowest BCUT2D eigenvalue weighted by Crippen LogP contribution is -2.12. The summed E-state index contributed by atoms with van der Waals surface area (Å²) in [6.45, 7) is -0.543. The van der Waals surface area contributed by atoms with Crippen molar-refractivity contribution >= 4 is 42.0 Å². The summed E-state index contributed by atoms with van der Waals surface area (Å²) in [5.74, 6) is 0.201. The van der Waals surface area contributed by atoms with E-state index >= 15 is 0 Å². The molecule has 0 amide bonds. The zero-order valence-electron chi connectivity index (χ0n) is 11.1. The summed E-state index contributed by atoms with van der Waals surface area (Å²) >= 11 is 5.12. The molecule has 9 nitrogen and oxygen atoms in total. The van der Waals surface area contributed by atoms with Gasteiger partial charge >= 0.3 is 0 Å². The average molecular weight is 377 g/mol. The molecule has 0 aliphatic rings. The van der Waals surface area contributed by atoms with Crippen LogP contribution < -0.4 is 0 Å². The lowest BCUT2D eigenvalue weighted by atomic mass is 10.8. The summed E-state index contributed by atoms with van der Waals surface area (Å²) in [7, 11) is -10.3. The molecule has 13 heteroatoms. The van der Waals surface area contributed by atoms with Crippen LogP contribution >= 0.6 is 11.6 Å². The molecule has 0 bridgehead atoms. The van der Waals surface area contributed by atoms with Gasteiger partial charge in [-0.3, -0.25) is 12.5 Å². The summed E-state index contributed by atoms with van der Waals surface area (Å²) in [4.78, 5) is 0. The molecular weight excluding hydrogens is 360 g/mol. The summed E-state index contributed by atoms with van der Waals surface area (Å²) in [5.41, 5.74) is 0. The Morgan fingerprint density at radius 1 is 0.650 bits per heavy atom. The number of halogens is 1. The molecule has 0 aromatic carbocycles. The fourth-order valence-corrected chi connectivity index (χ4v) is 1.85. The molecule has 0 saturated carbocycles. The highest BCUT2D eigenvalue weighted by Crippen LogP contribution is 1.90. The van der Waals surface area contributed by atoms with Crippen LogP contribution in [0.15, 0.2) is 0 Å². The predicted octanol–water partition coefficient (Wildman–Crippen LogP) is -0.860. The van der Waals surface area contributed by atoms with E-state index in [1.54, 1.807) is 0 Å². The molecular formula is C7H17ClO9S3. The largest absolute Gasteiger partial charge is 0.269 e. The highest BCUT2D eigenvalue weighted by molar-refractivity contribution is 7.86. The summed E-state index contributed by atoms with van der Waals surface area (Å²) in [6.07, 6.45) is 2.72. The second-order valence-electron chi connectivity index (χ2n) is 3.27. The third kappa shape index (κ3) is 26.6. The second-order valence-corrected chi connectivity index (χ2v) is 8.58. The predicted molar refractivity (Wildman–Crippen MR) is 73.1 cm³/mol. The van der Waals surface area contributed by atoms with Crippen molar-refractivity contribution in [3.63, 3.8) is 0 Å². The first kappa shape index (κ1) is 22.3. The minimum Gasteiger partial charge on any atom is -0.269 e. The normalized spacial score (nSPS) is 12.6. The van der Waals surface area contributed by atoms with Gasteiger partial charge in [-0.1, -0.05) is 0 Å². The minimum absolute atomic E-state index is 0.0559.